The zero-order valence-electron chi connectivity index (χ0n) is 20.5. The summed E-state index contributed by atoms with van der Waals surface area (Å²) in [4.78, 5) is 1.23. The van der Waals surface area contributed by atoms with Gasteiger partial charge in [0.05, 0.1) is 6.61 Å². The van der Waals surface area contributed by atoms with Crippen LogP contribution in [0.2, 0.25) is 0 Å². The molecule has 3 heteroatoms. The Morgan fingerprint density at radius 2 is 1.44 bits per heavy atom. The summed E-state index contributed by atoms with van der Waals surface area (Å²) in [5.41, 5.74) is 5.56. The SMILES string of the molecule is CCCc1ccc(-c2ccc(C#Cc3ccc(-c4cc5ccc(OCC)cc5s4)cc3)cc2)c(F)c1. The van der Waals surface area contributed by atoms with Gasteiger partial charge in [-0.25, -0.2) is 4.39 Å². The third kappa shape index (κ3) is 5.35. The van der Waals surface area contributed by atoms with E-state index in [1.54, 1.807) is 17.4 Å². The van der Waals surface area contributed by atoms with Gasteiger partial charge in [0.2, 0.25) is 0 Å². The summed E-state index contributed by atoms with van der Waals surface area (Å²) in [6, 6.07) is 30.1. The van der Waals surface area contributed by atoms with Gasteiger partial charge in [0.15, 0.2) is 0 Å². The molecule has 0 unspecified atom stereocenters. The van der Waals surface area contributed by atoms with Crippen LogP contribution in [0.3, 0.4) is 0 Å². The number of aryl methyl sites for hydroxylation is 1. The van der Waals surface area contributed by atoms with Crippen molar-refractivity contribution in [3.8, 4) is 39.2 Å². The molecule has 1 heterocycles. The lowest BCUT2D eigenvalue weighted by Gasteiger charge is -2.06. The fraction of sp³-hybridized carbons (Fsp3) is 0.152. The highest BCUT2D eigenvalue weighted by Gasteiger charge is 2.07. The second-order valence-corrected chi connectivity index (χ2v) is 9.80. The minimum absolute atomic E-state index is 0.173. The molecule has 0 aliphatic rings. The molecule has 0 aliphatic heterocycles. The van der Waals surface area contributed by atoms with Crippen molar-refractivity contribution in [3.63, 3.8) is 0 Å². The second kappa shape index (κ2) is 10.8. The summed E-state index contributed by atoms with van der Waals surface area (Å²) >= 11 is 1.77. The molecule has 5 aromatic rings. The summed E-state index contributed by atoms with van der Waals surface area (Å²) in [6.45, 7) is 4.77. The van der Waals surface area contributed by atoms with Crippen molar-refractivity contribution in [2.45, 2.75) is 26.7 Å². The molecule has 1 nitrogen and oxygen atoms in total. The third-order valence-electron chi connectivity index (χ3n) is 6.09. The van der Waals surface area contributed by atoms with Crippen LogP contribution in [0.1, 0.15) is 37.0 Å². The van der Waals surface area contributed by atoms with Gasteiger partial charge in [-0.1, -0.05) is 61.6 Å². The van der Waals surface area contributed by atoms with E-state index in [9.17, 15) is 4.39 Å². The van der Waals surface area contributed by atoms with Crippen LogP contribution in [-0.2, 0) is 6.42 Å². The molecule has 178 valence electrons. The van der Waals surface area contributed by atoms with Gasteiger partial charge in [0.25, 0.3) is 0 Å². The molecule has 0 atom stereocenters. The van der Waals surface area contributed by atoms with Gasteiger partial charge >= 0.3 is 0 Å². The molecular formula is C33H27FOS. The van der Waals surface area contributed by atoms with Gasteiger partial charge in [0.1, 0.15) is 11.6 Å². The van der Waals surface area contributed by atoms with E-state index in [1.807, 2.05) is 49.4 Å². The summed E-state index contributed by atoms with van der Waals surface area (Å²) in [5.74, 6) is 7.20. The molecule has 0 bridgehead atoms. The minimum atomic E-state index is -0.173. The first-order valence-corrected chi connectivity index (χ1v) is 13.1. The highest BCUT2D eigenvalue weighted by Crippen LogP contribution is 2.35. The lowest BCUT2D eigenvalue weighted by atomic mass is 10.0. The number of hydrogen-bond acceptors (Lipinski definition) is 2. The molecule has 0 saturated heterocycles. The van der Waals surface area contributed by atoms with Crippen LogP contribution in [0.4, 0.5) is 4.39 Å². The van der Waals surface area contributed by atoms with E-state index in [4.69, 9.17) is 4.74 Å². The maximum Gasteiger partial charge on any atom is 0.131 e. The highest BCUT2D eigenvalue weighted by atomic mass is 32.1. The van der Waals surface area contributed by atoms with Crippen LogP contribution in [-0.4, -0.2) is 6.61 Å². The molecule has 0 N–H and O–H groups in total. The maximum absolute atomic E-state index is 14.6. The zero-order chi connectivity index (χ0) is 24.9. The Morgan fingerprint density at radius 3 is 2.08 bits per heavy atom. The first kappa shape index (κ1) is 23.9. The smallest absolute Gasteiger partial charge is 0.131 e. The standard InChI is InChI=1S/C33H27FOS/c1-3-5-25-12-19-30(31(34)20-25)26-13-8-23(9-14-26)6-7-24-10-15-27(16-11-24)32-21-28-17-18-29(35-4-2)22-33(28)36-32/h8-22H,3-5H2,1-2H3. The topological polar surface area (TPSA) is 9.23 Å². The van der Waals surface area contributed by atoms with E-state index in [1.165, 1.54) is 20.5 Å². The van der Waals surface area contributed by atoms with E-state index >= 15 is 0 Å². The van der Waals surface area contributed by atoms with Gasteiger partial charge in [-0.05, 0) is 90.0 Å². The number of halogens is 1. The van der Waals surface area contributed by atoms with E-state index in [2.05, 4.69) is 61.2 Å². The average Bonchev–Trinajstić information content (AvgIpc) is 3.32. The van der Waals surface area contributed by atoms with E-state index in [0.29, 0.717) is 12.2 Å². The van der Waals surface area contributed by atoms with Crippen LogP contribution in [0.15, 0.2) is 91.0 Å². The van der Waals surface area contributed by atoms with Crippen LogP contribution >= 0.6 is 11.3 Å². The Kier molecular flexibility index (Phi) is 7.16. The first-order chi connectivity index (χ1) is 17.6. The molecule has 0 aliphatic carbocycles. The van der Waals surface area contributed by atoms with Crippen molar-refractivity contribution < 1.29 is 9.13 Å². The summed E-state index contributed by atoms with van der Waals surface area (Å²) in [6.07, 6.45) is 1.90. The van der Waals surface area contributed by atoms with E-state index in [0.717, 1.165) is 40.8 Å². The van der Waals surface area contributed by atoms with Crippen molar-refractivity contribution >= 4 is 21.4 Å². The quantitative estimate of drug-likeness (QED) is 0.216. The van der Waals surface area contributed by atoms with E-state index in [-0.39, 0.29) is 5.82 Å². The van der Waals surface area contributed by atoms with Gasteiger partial charge in [-0.2, -0.15) is 0 Å². The number of fused-ring (bicyclic) bond motifs is 1. The molecule has 36 heavy (non-hydrogen) atoms. The number of thiophene rings is 1. The molecule has 0 saturated carbocycles. The van der Waals surface area contributed by atoms with Crippen molar-refractivity contribution in [1.29, 1.82) is 0 Å². The molecule has 0 amide bonds. The first-order valence-electron chi connectivity index (χ1n) is 12.3. The minimum Gasteiger partial charge on any atom is -0.494 e. The monoisotopic (exact) mass is 490 g/mol. The Bertz CT molecular complexity index is 1550. The van der Waals surface area contributed by atoms with Crippen molar-refractivity contribution in [3.05, 3.63) is 114 Å². The normalized spacial score (nSPS) is 10.8. The molecule has 4 aromatic carbocycles. The second-order valence-electron chi connectivity index (χ2n) is 8.71. The Balaban J connectivity index is 1.30. The number of hydrogen-bond donors (Lipinski definition) is 0. The Morgan fingerprint density at radius 1 is 0.750 bits per heavy atom. The summed E-state index contributed by atoms with van der Waals surface area (Å²) in [5, 5.41) is 1.22. The van der Waals surface area contributed by atoms with Gasteiger partial charge in [-0.3, -0.25) is 0 Å². The summed E-state index contributed by atoms with van der Waals surface area (Å²) in [7, 11) is 0. The Labute approximate surface area is 216 Å². The largest absolute Gasteiger partial charge is 0.494 e. The Hall–Kier alpha value is -3.87. The lowest BCUT2D eigenvalue weighted by Crippen LogP contribution is -1.89. The molecule has 1 aromatic heterocycles. The van der Waals surface area contributed by atoms with Gasteiger partial charge < -0.3 is 4.74 Å². The lowest BCUT2D eigenvalue weighted by molar-refractivity contribution is 0.341. The average molecular weight is 491 g/mol. The van der Waals surface area contributed by atoms with Crippen LogP contribution in [0.5, 0.6) is 5.75 Å². The highest BCUT2D eigenvalue weighted by molar-refractivity contribution is 7.22. The summed E-state index contributed by atoms with van der Waals surface area (Å²) < 4.78 is 21.4. The predicted molar refractivity (Wildman–Crippen MR) is 150 cm³/mol. The van der Waals surface area contributed by atoms with Crippen LogP contribution in [0, 0.1) is 17.7 Å². The molecule has 0 fully saturated rings. The van der Waals surface area contributed by atoms with Gasteiger partial charge in [-0.15, -0.1) is 11.3 Å². The third-order valence-corrected chi connectivity index (χ3v) is 7.24. The molecule has 0 spiro atoms. The number of rotatable bonds is 6. The van der Waals surface area contributed by atoms with Crippen molar-refractivity contribution in [1.82, 2.24) is 0 Å². The zero-order valence-corrected chi connectivity index (χ0v) is 21.3. The van der Waals surface area contributed by atoms with Crippen molar-refractivity contribution in [2.24, 2.45) is 0 Å². The number of ether oxygens (including phenoxy) is 1. The van der Waals surface area contributed by atoms with E-state index < -0.39 is 0 Å². The van der Waals surface area contributed by atoms with Crippen LogP contribution in [0.25, 0.3) is 31.7 Å². The maximum atomic E-state index is 14.6. The number of benzene rings is 4. The molecular weight excluding hydrogens is 463 g/mol. The predicted octanol–water partition coefficient (Wildman–Crippen LogP) is 9.13. The molecule has 0 radical (unpaired) electrons. The molecule has 5 rings (SSSR count). The fourth-order valence-corrected chi connectivity index (χ4v) is 5.34. The van der Waals surface area contributed by atoms with Gasteiger partial charge in [0, 0.05) is 26.3 Å². The fourth-order valence-electron chi connectivity index (χ4n) is 4.24. The van der Waals surface area contributed by atoms with Crippen molar-refractivity contribution in [2.75, 3.05) is 6.61 Å². The van der Waals surface area contributed by atoms with Crippen LogP contribution < -0.4 is 4.74 Å².